The maximum absolute atomic E-state index is 11.9. The van der Waals surface area contributed by atoms with Crippen molar-refractivity contribution in [3.8, 4) is 11.5 Å². The van der Waals surface area contributed by atoms with Gasteiger partial charge in [-0.15, -0.1) is 0 Å². The predicted molar refractivity (Wildman–Crippen MR) is 171 cm³/mol. The number of phenolic OH excluding ortho intramolecular Hbond substituents is 1. The van der Waals surface area contributed by atoms with Crippen molar-refractivity contribution in [1.29, 1.82) is 0 Å². The van der Waals surface area contributed by atoms with Gasteiger partial charge in [0, 0.05) is 33.4 Å². The van der Waals surface area contributed by atoms with Crippen LogP contribution in [0.5, 0.6) is 11.5 Å². The van der Waals surface area contributed by atoms with Crippen LogP contribution in [-0.2, 0) is 44.5 Å². The van der Waals surface area contributed by atoms with E-state index in [1.54, 1.807) is 26.2 Å². The van der Waals surface area contributed by atoms with Gasteiger partial charge < -0.3 is 38.6 Å². The Kier molecular flexibility index (Phi) is 15.0. The summed E-state index contributed by atoms with van der Waals surface area (Å²) in [5.41, 5.74) is 3.25. The smallest absolute Gasteiger partial charge is 0.303 e. The molecule has 2 N–H and O–H groups in total. The summed E-state index contributed by atoms with van der Waals surface area (Å²) < 4.78 is 33.3. The summed E-state index contributed by atoms with van der Waals surface area (Å²) in [4.78, 5) is 35.3. The average molecular weight is 647 g/mol. The number of aliphatic hydroxyl groups excluding tert-OH is 1. The number of aryl methyl sites for hydroxylation is 1. The first kappa shape index (κ1) is 38.5. The minimum atomic E-state index is -1.58. The molecule has 1 aliphatic heterocycles. The quantitative estimate of drug-likeness (QED) is 0.148. The Morgan fingerprint density at radius 3 is 2.22 bits per heavy atom. The molecule has 0 spiro atoms. The molecule has 1 saturated heterocycles. The van der Waals surface area contributed by atoms with E-state index in [2.05, 4.69) is 25.2 Å². The topological polar surface area (TPSA) is 147 Å². The maximum atomic E-state index is 11.9. The fourth-order valence-electron chi connectivity index (χ4n) is 4.71. The second-order valence-electron chi connectivity index (χ2n) is 12.1. The van der Waals surface area contributed by atoms with Crippen LogP contribution in [0.15, 0.2) is 47.6 Å². The van der Waals surface area contributed by atoms with E-state index in [-0.39, 0.29) is 18.0 Å². The highest BCUT2D eigenvalue weighted by Crippen LogP contribution is 2.33. The molecule has 11 heteroatoms. The fourth-order valence-corrected chi connectivity index (χ4v) is 4.71. The minimum Gasteiger partial charge on any atom is -0.508 e. The molecule has 256 valence electrons. The van der Waals surface area contributed by atoms with E-state index in [0.29, 0.717) is 23.3 Å². The Balaban J connectivity index is 2.24. The number of aromatic hydroxyl groups is 1. The van der Waals surface area contributed by atoms with Crippen molar-refractivity contribution < 1.29 is 53.0 Å². The molecule has 0 bridgehead atoms. The van der Waals surface area contributed by atoms with Crippen molar-refractivity contribution in [2.24, 2.45) is 0 Å². The molecule has 0 saturated carbocycles. The van der Waals surface area contributed by atoms with Crippen LogP contribution in [0.4, 0.5) is 0 Å². The zero-order chi connectivity index (χ0) is 34.6. The van der Waals surface area contributed by atoms with E-state index in [0.717, 1.165) is 38.7 Å². The number of carbonyl (C=O) groups excluding carboxylic acids is 3. The van der Waals surface area contributed by atoms with Crippen molar-refractivity contribution in [3.63, 3.8) is 0 Å². The molecule has 0 radical (unpaired) electrons. The van der Waals surface area contributed by atoms with Crippen LogP contribution < -0.4 is 4.74 Å². The molecule has 1 heterocycles. The van der Waals surface area contributed by atoms with E-state index in [1.165, 1.54) is 12.5 Å². The number of esters is 3. The van der Waals surface area contributed by atoms with Crippen molar-refractivity contribution in [1.82, 2.24) is 0 Å². The lowest BCUT2D eigenvalue weighted by Crippen LogP contribution is -2.62. The van der Waals surface area contributed by atoms with Gasteiger partial charge in [-0.2, -0.15) is 0 Å². The lowest BCUT2D eigenvalue weighted by molar-refractivity contribution is -0.285. The monoisotopic (exact) mass is 646 g/mol. The summed E-state index contributed by atoms with van der Waals surface area (Å²) >= 11 is 0. The summed E-state index contributed by atoms with van der Waals surface area (Å²) in [6.07, 6.45) is 4.64. The normalized spacial score (nSPS) is 22.4. The summed E-state index contributed by atoms with van der Waals surface area (Å²) in [5.74, 6) is -1.65. The van der Waals surface area contributed by atoms with Gasteiger partial charge in [0.2, 0.25) is 6.29 Å². The van der Waals surface area contributed by atoms with E-state index in [1.807, 2.05) is 26.8 Å². The van der Waals surface area contributed by atoms with Gasteiger partial charge in [0.05, 0.1) is 5.60 Å². The number of methoxy groups -OCH3 is 1. The van der Waals surface area contributed by atoms with Gasteiger partial charge in [-0.25, -0.2) is 0 Å². The number of allylic oxidation sites excluding steroid dienone is 5. The Hall–Kier alpha value is -3.67. The minimum absolute atomic E-state index is 0.0715. The van der Waals surface area contributed by atoms with E-state index >= 15 is 0 Å². The molecule has 1 aromatic rings. The van der Waals surface area contributed by atoms with Crippen molar-refractivity contribution in [2.75, 3.05) is 13.7 Å². The summed E-state index contributed by atoms with van der Waals surface area (Å²) in [7, 11) is 1.69. The van der Waals surface area contributed by atoms with Crippen LogP contribution in [0.3, 0.4) is 0 Å². The van der Waals surface area contributed by atoms with Gasteiger partial charge in [-0.3, -0.25) is 14.4 Å². The Morgan fingerprint density at radius 2 is 1.61 bits per heavy atom. The lowest BCUT2D eigenvalue weighted by Gasteiger charge is -2.42. The first-order chi connectivity index (χ1) is 21.5. The summed E-state index contributed by atoms with van der Waals surface area (Å²) in [6.45, 7) is 13.0. The molecule has 1 fully saturated rings. The average Bonchev–Trinajstić information content (AvgIpc) is 2.96. The number of hydrogen-bond acceptors (Lipinski definition) is 11. The molecule has 5 atom stereocenters. The number of phenols is 1. The highest BCUT2D eigenvalue weighted by atomic mass is 16.7. The molecule has 5 unspecified atom stereocenters. The van der Waals surface area contributed by atoms with Crippen molar-refractivity contribution in [3.05, 3.63) is 58.7 Å². The van der Waals surface area contributed by atoms with Crippen molar-refractivity contribution >= 4 is 17.9 Å². The predicted octanol–water partition coefficient (Wildman–Crippen LogP) is 5.18. The third kappa shape index (κ3) is 12.6. The van der Waals surface area contributed by atoms with Gasteiger partial charge in [0.25, 0.3) is 0 Å². The van der Waals surface area contributed by atoms with Crippen LogP contribution in [0.1, 0.15) is 78.9 Å². The molecule has 11 nitrogen and oxygen atoms in total. The lowest BCUT2D eigenvalue weighted by atomic mass is 9.98. The van der Waals surface area contributed by atoms with Crippen LogP contribution in [0.2, 0.25) is 0 Å². The number of rotatable bonds is 15. The van der Waals surface area contributed by atoms with E-state index in [4.69, 9.17) is 28.4 Å². The number of hydrogen-bond donors (Lipinski definition) is 2. The molecule has 46 heavy (non-hydrogen) atoms. The zero-order valence-corrected chi connectivity index (χ0v) is 28.5. The Morgan fingerprint density at radius 1 is 0.957 bits per heavy atom. The van der Waals surface area contributed by atoms with Gasteiger partial charge in [0.15, 0.2) is 18.3 Å². The number of carbonyl (C=O) groups is 3. The molecule has 0 aliphatic carbocycles. The number of benzene rings is 1. The highest BCUT2D eigenvalue weighted by molar-refractivity contribution is 5.68. The molecule has 2 rings (SSSR count). The Bertz CT molecular complexity index is 1290. The zero-order valence-electron chi connectivity index (χ0n) is 28.5. The summed E-state index contributed by atoms with van der Waals surface area (Å²) in [5, 5.41) is 21.7. The standard InChI is InChI=1S/C35H50O11/c1-21(14-11-17-35(7,8)41-9)12-10-13-22(2)15-16-27-19-28(39)23(3)18-29(27)45-34-31(40)33(44-26(6)38)32(43-25(5)37)30(46-34)20-42-24(4)36/h11-12,15,17-19,30-34,39-40H,10,13-14,16,20H2,1-9H3. The van der Waals surface area contributed by atoms with Crippen LogP contribution in [0.25, 0.3) is 0 Å². The van der Waals surface area contributed by atoms with E-state index < -0.39 is 48.6 Å². The van der Waals surface area contributed by atoms with Gasteiger partial charge in [0.1, 0.15) is 24.2 Å². The van der Waals surface area contributed by atoms with Gasteiger partial charge in [-0.05, 0) is 78.0 Å². The van der Waals surface area contributed by atoms with E-state index in [9.17, 15) is 24.6 Å². The van der Waals surface area contributed by atoms with Gasteiger partial charge in [-0.1, -0.05) is 35.5 Å². The summed E-state index contributed by atoms with van der Waals surface area (Å²) in [6, 6.07) is 3.21. The van der Waals surface area contributed by atoms with Crippen LogP contribution in [0, 0.1) is 6.92 Å². The molecule has 1 aromatic carbocycles. The molecule has 1 aliphatic rings. The fraction of sp³-hybridized carbons (Fsp3) is 0.571. The molecular formula is C35H50O11. The molecule has 0 amide bonds. The second-order valence-corrected chi connectivity index (χ2v) is 12.1. The third-order valence-corrected chi connectivity index (χ3v) is 7.48. The molecular weight excluding hydrogens is 596 g/mol. The number of aliphatic hydroxyl groups is 1. The van der Waals surface area contributed by atoms with Gasteiger partial charge >= 0.3 is 17.9 Å². The second kappa shape index (κ2) is 17.9. The maximum Gasteiger partial charge on any atom is 0.303 e. The number of ether oxygens (including phenoxy) is 6. The highest BCUT2D eigenvalue weighted by Gasteiger charge is 2.51. The van der Waals surface area contributed by atoms with Crippen molar-refractivity contribution in [2.45, 2.75) is 117 Å². The first-order valence-electron chi connectivity index (χ1n) is 15.4. The van der Waals surface area contributed by atoms with Crippen LogP contribution in [-0.4, -0.2) is 78.1 Å². The SMILES string of the molecule is COC(C)(C)C=CCC(C)=CCCC(C)=CCc1cc(O)c(C)cc1OC1OC(COC(C)=O)C(OC(C)=O)C(OC(C)=O)C1O. The van der Waals surface area contributed by atoms with Crippen LogP contribution >= 0.6 is 0 Å². The largest absolute Gasteiger partial charge is 0.508 e. The third-order valence-electron chi connectivity index (χ3n) is 7.48. The first-order valence-corrected chi connectivity index (χ1v) is 15.4. The Labute approximate surface area is 272 Å². The molecule has 0 aromatic heterocycles.